The van der Waals surface area contributed by atoms with E-state index in [0.717, 1.165) is 29.6 Å². The van der Waals surface area contributed by atoms with Crippen LogP contribution in [0.1, 0.15) is 82.9 Å². The number of aryl methyl sites for hydroxylation is 1. The molecular weight excluding hydrogens is 320 g/mol. The summed E-state index contributed by atoms with van der Waals surface area (Å²) in [6.07, 6.45) is 9.12. The normalized spacial score (nSPS) is 38.1. The third kappa shape index (κ3) is 2.40. The second-order valence-corrected chi connectivity index (χ2v) is 10.4. The third-order valence-electron chi connectivity index (χ3n) is 8.75. The van der Waals surface area contributed by atoms with E-state index >= 15 is 0 Å². The maximum Gasteiger partial charge on any atom is 0.119 e. The number of fused-ring (bicyclic) bond motifs is 5. The van der Waals surface area contributed by atoms with E-state index in [1.807, 2.05) is 0 Å². The molecule has 3 aliphatic carbocycles. The molecule has 1 unspecified atom stereocenters. The summed E-state index contributed by atoms with van der Waals surface area (Å²) in [6.45, 7) is 10.3. The lowest BCUT2D eigenvalue weighted by Crippen LogP contribution is -2.57. The molecule has 144 valence electrons. The molecule has 1 aromatic carbocycles. The van der Waals surface area contributed by atoms with Crippen molar-refractivity contribution in [3.8, 4) is 5.75 Å². The first kappa shape index (κ1) is 18.3. The van der Waals surface area contributed by atoms with Gasteiger partial charge >= 0.3 is 0 Å². The standard InChI is InChI=1S/C24H36O2/c1-22(2)10-6-11-23(3)19(22)9-12-24(4)20(23)8-7-16-13-18(26-5)14-17(15-25)21(16)24/h13-14,19-20,25H,6-12,15H2,1-5H3/t19?,20-,23+,24-/m1/s1. The molecule has 2 fully saturated rings. The number of hydrogen-bond acceptors (Lipinski definition) is 2. The lowest BCUT2D eigenvalue weighted by atomic mass is 9.40. The minimum absolute atomic E-state index is 0.119. The van der Waals surface area contributed by atoms with Crippen molar-refractivity contribution >= 4 is 0 Å². The zero-order valence-corrected chi connectivity index (χ0v) is 17.3. The SMILES string of the molecule is COc1cc(CO)c2c(c1)CC[C@H]1[C@@]2(C)CCC2C(C)(C)CCC[C@@]21C. The van der Waals surface area contributed by atoms with Crippen molar-refractivity contribution in [2.45, 2.75) is 84.7 Å². The van der Waals surface area contributed by atoms with Crippen molar-refractivity contribution in [2.75, 3.05) is 7.11 Å². The molecule has 0 aliphatic heterocycles. The molecule has 2 nitrogen and oxygen atoms in total. The highest BCUT2D eigenvalue weighted by atomic mass is 16.5. The first-order chi connectivity index (χ1) is 12.3. The van der Waals surface area contributed by atoms with Gasteiger partial charge in [-0.3, -0.25) is 0 Å². The number of methoxy groups -OCH3 is 1. The highest BCUT2D eigenvalue weighted by Gasteiger charge is 2.59. The van der Waals surface area contributed by atoms with Gasteiger partial charge in [0.15, 0.2) is 0 Å². The van der Waals surface area contributed by atoms with Crippen LogP contribution in [0.25, 0.3) is 0 Å². The lowest BCUT2D eigenvalue weighted by Gasteiger charge is -2.64. The van der Waals surface area contributed by atoms with Crippen LogP contribution in [0.15, 0.2) is 12.1 Å². The predicted octanol–water partition coefficient (Wildman–Crippen LogP) is 5.63. The van der Waals surface area contributed by atoms with Crippen molar-refractivity contribution in [1.82, 2.24) is 0 Å². The minimum atomic E-state index is 0.119. The summed E-state index contributed by atoms with van der Waals surface area (Å²) in [5, 5.41) is 10.1. The van der Waals surface area contributed by atoms with Crippen molar-refractivity contribution < 1.29 is 9.84 Å². The van der Waals surface area contributed by atoms with Crippen LogP contribution in [0.2, 0.25) is 0 Å². The monoisotopic (exact) mass is 356 g/mol. The third-order valence-corrected chi connectivity index (χ3v) is 8.75. The maximum absolute atomic E-state index is 10.1. The average Bonchev–Trinajstić information content (AvgIpc) is 2.59. The molecule has 1 aromatic rings. The molecule has 0 amide bonds. The summed E-state index contributed by atoms with van der Waals surface area (Å²) >= 11 is 0. The quantitative estimate of drug-likeness (QED) is 0.743. The van der Waals surface area contributed by atoms with Gasteiger partial charge in [0.05, 0.1) is 13.7 Å². The van der Waals surface area contributed by atoms with Gasteiger partial charge in [0.2, 0.25) is 0 Å². The first-order valence-corrected chi connectivity index (χ1v) is 10.6. The Balaban J connectivity index is 1.83. The van der Waals surface area contributed by atoms with Crippen LogP contribution in [-0.4, -0.2) is 12.2 Å². The van der Waals surface area contributed by atoms with Crippen LogP contribution in [0.3, 0.4) is 0 Å². The Kier molecular flexibility index (Phi) is 4.23. The largest absolute Gasteiger partial charge is 0.497 e. The highest BCUT2D eigenvalue weighted by molar-refractivity contribution is 5.49. The lowest BCUT2D eigenvalue weighted by molar-refractivity contribution is -0.110. The Bertz CT molecular complexity index is 689. The molecule has 26 heavy (non-hydrogen) atoms. The molecule has 2 saturated carbocycles. The number of aliphatic hydroxyl groups excluding tert-OH is 1. The van der Waals surface area contributed by atoms with E-state index in [9.17, 15) is 5.11 Å². The van der Waals surface area contributed by atoms with Crippen molar-refractivity contribution in [2.24, 2.45) is 22.7 Å². The van der Waals surface area contributed by atoms with E-state index in [4.69, 9.17) is 4.74 Å². The topological polar surface area (TPSA) is 29.5 Å². The molecule has 0 heterocycles. The molecule has 0 spiro atoms. The summed E-state index contributed by atoms with van der Waals surface area (Å²) in [6, 6.07) is 4.31. The smallest absolute Gasteiger partial charge is 0.119 e. The highest BCUT2D eigenvalue weighted by Crippen LogP contribution is 2.67. The minimum Gasteiger partial charge on any atom is -0.497 e. The zero-order chi connectivity index (χ0) is 18.7. The average molecular weight is 357 g/mol. The van der Waals surface area contributed by atoms with E-state index < -0.39 is 0 Å². The van der Waals surface area contributed by atoms with Crippen LogP contribution in [-0.2, 0) is 18.4 Å². The molecule has 0 aromatic heterocycles. The Morgan fingerprint density at radius 3 is 2.50 bits per heavy atom. The Labute approximate surface area is 159 Å². The molecule has 0 radical (unpaired) electrons. The van der Waals surface area contributed by atoms with Gasteiger partial charge in [-0.2, -0.15) is 0 Å². The van der Waals surface area contributed by atoms with Crippen LogP contribution in [0.5, 0.6) is 5.75 Å². The molecule has 2 heteroatoms. The molecule has 1 N–H and O–H groups in total. The summed E-state index contributed by atoms with van der Waals surface area (Å²) in [5.74, 6) is 2.45. The second-order valence-electron chi connectivity index (χ2n) is 10.4. The number of rotatable bonds is 2. The summed E-state index contributed by atoms with van der Waals surface area (Å²) in [4.78, 5) is 0. The fourth-order valence-corrected chi connectivity index (χ4v) is 7.81. The Morgan fingerprint density at radius 2 is 1.81 bits per heavy atom. The molecule has 4 atom stereocenters. The van der Waals surface area contributed by atoms with Crippen molar-refractivity contribution in [1.29, 1.82) is 0 Å². The second kappa shape index (κ2) is 5.99. The van der Waals surface area contributed by atoms with Gasteiger partial charge in [-0.15, -0.1) is 0 Å². The molecular formula is C24H36O2. The van der Waals surface area contributed by atoms with Gasteiger partial charge in [0.25, 0.3) is 0 Å². The van der Waals surface area contributed by atoms with E-state index in [1.54, 1.807) is 7.11 Å². The van der Waals surface area contributed by atoms with E-state index in [0.29, 0.717) is 10.8 Å². The number of aliphatic hydroxyl groups is 1. The maximum atomic E-state index is 10.1. The van der Waals surface area contributed by atoms with Crippen molar-refractivity contribution in [3.63, 3.8) is 0 Å². The van der Waals surface area contributed by atoms with Crippen molar-refractivity contribution in [3.05, 3.63) is 28.8 Å². The summed E-state index contributed by atoms with van der Waals surface area (Å²) in [5.41, 5.74) is 5.07. The van der Waals surface area contributed by atoms with Gasteiger partial charge in [-0.05, 0) is 95.4 Å². The molecule has 4 rings (SSSR count). The fraction of sp³-hybridized carbons (Fsp3) is 0.750. The number of benzene rings is 1. The van der Waals surface area contributed by atoms with Gasteiger partial charge < -0.3 is 9.84 Å². The first-order valence-electron chi connectivity index (χ1n) is 10.6. The van der Waals surface area contributed by atoms with E-state index in [-0.39, 0.29) is 12.0 Å². The summed E-state index contributed by atoms with van der Waals surface area (Å²) in [7, 11) is 1.73. The number of hydrogen-bond donors (Lipinski definition) is 1. The van der Waals surface area contributed by atoms with Crippen LogP contribution >= 0.6 is 0 Å². The Hall–Kier alpha value is -1.02. The Morgan fingerprint density at radius 1 is 1.04 bits per heavy atom. The molecule has 0 saturated heterocycles. The molecule has 3 aliphatic rings. The fourth-order valence-electron chi connectivity index (χ4n) is 7.81. The van der Waals surface area contributed by atoms with E-state index in [1.165, 1.54) is 49.7 Å². The van der Waals surface area contributed by atoms with Gasteiger partial charge in [-0.25, -0.2) is 0 Å². The number of ether oxygens (including phenoxy) is 1. The predicted molar refractivity (Wildman–Crippen MR) is 107 cm³/mol. The van der Waals surface area contributed by atoms with Crippen LogP contribution < -0.4 is 4.74 Å². The van der Waals surface area contributed by atoms with Gasteiger partial charge in [0, 0.05) is 0 Å². The van der Waals surface area contributed by atoms with Crippen LogP contribution in [0.4, 0.5) is 0 Å². The van der Waals surface area contributed by atoms with Gasteiger partial charge in [0.1, 0.15) is 5.75 Å². The summed E-state index contributed by atoms with van der Waals surface area (Å²) < 4.78 is 5.51. The van der Waals surface area contributed by atoms with Gasteiger partial charge in [-0.1, -0.05) is 34.1 Å². The molecule has 0 bridgehead atoms. The zero-order valence-electron chi connectivity index (χ0n) is 17.3. The van der Waals surface area contributed by atoms with E-state index in [2.05, 4.69) is 39.8 Å². The van der Waals surface area contributed by atoms with Crippen LogP contribution in [0, 0.1) is 22.7 Å².